The Kier molecular flexibility index (Phi) is 5.78. The molecule has 0 heterocycles. The summed E-state index contributed by atoms with van der Waals surface area (Å²) in [5.74, 6) is 0.287. The molecule has 0 aromatic heterocycles. The Labute approximate surface area is 122 Å². The van der Waals surface area contributed by atoms with Gasteiger partial charge in [0.1, 0.15) is 0 Å². The van der Waals surface area contributed by atoms with Gasteiger partial charge in [-0.3, -0.25) is 9.59 Å². The molecule has 0 aromatic carbocycles. The summed E-state index contributed by atoms with van der Waals surface area (Å²) in [6, 6.07) is 0. The van der Waals surface area contributed by atoms with E-state index in [1.807, 2.05) is 0 Å². The summed E-state index contributed by atoms with van der Waals surface area (Å²) in [7, 11) is 0. The van der Waals surface area contributed by atoms with Gasteiger partial charge in [-0.25, -0.2) is 0 Å². The molecule has 4 nitrogen and oxygen atoms in total. The topological polar surface area (TPSA) is 55.4 Å². The highest BCUT2D eigenvalue weighted by Crippen LogP contribution is 2.59. The highest BCUT2D eigenvalue weighted by Gasteiger charge is 2.60. The van der Waals surface area contributed by atoms with E-state index in [2.05, 4.69) is 39.1 Å². The average Bonchev–Trinajstić information content (AvgIpc) is 2.85. The number of nitrogens with one attached hydrogen (secondary N) is 1. The lowest BCUT2D eigenvalue weighted by Gasteiger charge is -2.06. The number of allylic oxidation sites excluding steroid dienone is 2. The highest BCUT2D eigenvalue weighted by atomic mass is 16.5. The number of carbonyl (C=O) groups excluding carboxylic acids is 2. The number of rotatable bonds is 7. The van der Waals surface area contributed by atoms with Gasteiger partial charge in [0.15, 0.2) is 0 Å². The Morgan fingerprint density at radius 2 is 1.95 bits per heavy atom. The maximum Gasteiger partial charge on any atom is 0.305 e. The minimum Gasteiger partial charge on any atom is -0.466 e. The van der Waals surface area contributed by atoms with E-state index in [0.717, 1.165) is 0 Å². The fraction of sp³-hybridized carbons (Fsp3) is 0.750. The van der Waals surface area contributed by atoms with Crippen molar-refractivity contribution in [2.75, 3.05) is 13.2 Å². The van der Waals surface area contributed by atoms with E-state index >= 15 is 0 Å². The van der Waals surface area contributed by atoms with Crippen LogP contribution in [0.1, 0.15) is 47.5 Å². The first kappa shape index (κ1) is 16.7. The van der Waals surface area contributed by atoms with Crippen molar-refractivity contribution in [1.29, 1.82) is 0 Å². The first-order valence-corrected chi connectivity index (χ1v) is 7.39. The molecule has 1 rings (SSSR count). The number of esters is 1. The Hall–Kier alpha value is -1.32. The third-order valence-corrected chi connectivity index (χ3v) is 3.87. The molecule has 0 saturated heterocycles. The lowest BCUT2D eigenvalue weighted by molar-refractivity contribution is -0.143. The number of hydrogen-bond acceptors (Lipinski definition) is 3. The first-order chi connectivity index (χ1) is 9.30. The van der Waals surface area contributed by atoms with E-state index in [0.29, 0.717) is 31.9 Å². The molecule has 0 spiro atoms. The van der Waals surface area contributed by atoms with Crippen LogP contribution < -0.4 is 5.32 Å². The molecular formula is C16H27NO3. The van der Waals surface area contributed by atoms with Crippen LogP contribution in [0.25, 0.3) is 0 Å². The molecular weight excluding hydrogens is 254 g/mol. The van der Waals surface area contributed by atoms with Crippen LogP contribution in [0, 0.1) is 17.3 Å². The highest BCUT2D eigenvalue weighted by molar-refractivity contribution is 5.83. The van der Waals surface area contributed by atoms with E-state index in [9.17, 15) is 9.59 Å². The normalized spacial score (nSPS) is 22.9. The molecule has 114 valence electrons. The van der Waals surface area contributed by atoms with Gasteiger partial charge in [-0.1, -0.05) is 25.5 Å². The Balaban J connectivity index is 2.31. The van der Waals surface area contributed by atoms with Crippen LogP contribution >= 0.6 is 0 Å². The second-order valence-electron chi connectivity index (χ2n) is 6.27. The summed E-state index contributed by atoms with van der Waals surface area (Å²) in [6.07, 6.45) is 3.17. The van der Waals surface area contributed by atoms with Crippen LogP contribution in [-0.4, -0.2) is 25.0 Å². The van der Waals surface area contributed by atoms with Crippen molar-refractivity contribution < 1.29 is 14.3 Å². The number of ether oxygens (including phenoxy) is 1. The van der Waals surface area contributed by atoms with Gasteiger partial charge < -0.3 is 10.1 Å². The largest absolute Gasteiger partial charge is 0.466 e. The van der Waals surface area contributed by atoms with Crippen molar-refractivity contribution in [1.82, 2.24) is 5.32 Å². The maximum atomic E-state index is 12.1. The van der Waals surface area contributed by atoms with E-state index in [-0.39, 0.29) is 23.2 Å². The molecule has 0 radical (unpaired) electrons. The predicted octanol–water partition coefficient (Wildman–Crippen LogP) is 2.68. The standard InChI is InChI=1S/C16H27NO3/c1-6-20-13(18)8-7-9-17-15(19)14-12(10-11(2)3)16(14,4)5/h10,12,14H,6-9H2,1-5H3,(H,17,19). The van der Waals surface area contributed by atoms with Gasteiger partial charge in [0.2, 0.25) is 5.91 Å². The molecule has 0 aliphatic heterocycles. The van der Waals surface area contributed by atoms with E-state index < -0.39 is 0 Å². The fourth-order valence-electron chi connectivity index (χ4n) is 2.64. The zero-order valence-electron chi connectivity index (χ0n) is 13.3. The van der Waals surface area contributed by atoms with E-state index in [4.69, 9.17) is 4.74 Å². The zero-order valence-corrected chi connectivity index (χ0v) is 13.3. The molecule has 1 aliphatic carbocycles. The zero-order chi connectivity index (χ0) is 15.3. The fourth-order valence-corrected chi connectivity index (χ4v) is 2.64. The molecule has 1 saturated carbocycles. The number of amides is 1. The number of carbonyl (C=O) groups is 2. The third-order valence-electron chi connectivity index (χ3n) is 3.87. The lowest BCUT2D eigenvalue weighted by Crippen LogP contribution is -2.28. The molecule has 2 atom stereocenters. The summed E-state index contributed by atoms with van der Waals surface area (Å²) in [4.78, 5) is 23.3. The van der Waals surface area contributed by atoms with Crippen molar-refractivity contribution in [3.63, 3.8) is 0 Å². The monoisotopic (exact) mass is 281 g/mol. The Morgan fingerprint density at radius 3 is 2.50 bits per heavy atom. The Bertz CT molecular complexity index is 395. The van der Waals surface area contributed by atoms with Crippen LogP contribution in [0.5, 0.6) is 0 Å². The van der Waals surface area contributed by atoms with Crippen LogP contribution in [0.4, 0.5) is 0 Å². The molecule has 1 N–H and O–H groups in total. The number of hydrogen-bond donors (Lipinski definition) is 1. The van der Waals surface area contributed by atoms with Gasteiger partial charge in [-0.15, -0.1) is 0 Å². The van der Waals surface area contributed by atoms with Crippen LogP contribution in [0.15, 0.2) is 11.6 Å². The van der Waals surface area contributed by atoms with Gasteiger partial charge >= 0.3 is 5.97 Å². The molecule has 4 heteroatoms. The maximum absolute atomic E-state index is 12.1. The molecule has 2 unspecified atom stereocenters. The molecule has 1 aliphatic rings. The second kappa shape index (κ2) is 6.91. The van der Waals surface area contributed by atoms with E-state index in [1.165, 1.54) is 5.57 Å². The molecule has 1 fully saturated rings. The quantitative estimate of drug-likeness (QED) is 0.443. The average molecular weight is 281 g/mol. The molecule has 0 bridgehead atoms. The molecule has 1 amide bonds. The van der Waals surface area contributed by atoms with Crippen LogP contribution in [-0.2, 0) is 14.3 Å². The third kappa shape index (κ3) is 4.36. The molecule has 0 aromatic rings. The van der Waals surface area contributed by atoms with Crippen molar-refractivity contribution >= 4 is 11.9 Å². The summed E-state index contributed by atoms with van der Waals surface area (Å²) in [6.45, 7) is 11.1. The van der Waals surface area contributed by atoms with Crippen molar-refractivity contribution in [2.24, 2.45) is 17.3 Å². The summed E-state index contributed by atoms with van der Waals surface area (Å²) >= 11 is 0. The minimum absolute atomic E-state index is 0.0441. The molecule has 20 heavy (non-hydrogen) atoms. The summed E-state index contributed by atoms with van der Waals surface area (Å²) in [5.41, 5.74) is 1.29. The summed E-state index contributed by atoms with van der Waals surface area (Å²) in [5, 5.41) is 2.92. The second-order valence-corrected chi connectivity index (χ2v) is 6.27. The van der Waals surface area contributed by atoms with Crippen LogP contribution in [0.2, 0.25) is 0 Å². The van der Waals surface area contributed by atoms with Gasteiger partial charge in [-0.2, -0.15) is 0 Å². The van der Waals surface area contributed by atoms with Crippen molar-refractivity contribution in [3.8, 4) is 0 Å². The van der Waals surface area contributed by atoms with E-state index in [1.54, 1.807) is 6.92 Å². The Morgan fingerprint density at radius 1 is 1.30 bits per heavy atom. The van der Waals surface area contributed by atoms with Gasteiger partial charge in [0.05, 0.1) is 12.5 Å². The SMILES string of the molecule is CCOC(=O)CCCNC(=O)C1C(C=C(C)C)C1(C)C. The smallest absolute Gasteiger partial charge is 0.305 e. The van der Waals surface area contributed by atoms with Gasteiger partial charge in [-0.05, 0) is 38.5 Å². The van der Waals surface area contributed by atoms with Gasteiger partial charge in [0.25, 0.3) is 0 Å². The first-order valence-electron chi connectivity index (χ1n) is 7.39. The minimum atomic E-state index is -0.198. The summed E-state index contributed by atoms with van der Waals surface area (Å²) < 4.78 is 4.84. The lowest BCUT2D eigenvalue weighted by atomic mass is 10.1. The van der Waals surface area contributed by atoms with Crippen molar-refractivity contribution in [3.05, 3.63) is 11.6 Å². The van der Waals surface area contributed by atoms with Gasteiger partial charge in [0, 0.05) is 13.0 Å². The predicted molar refractivity (Wildman–Crippen MR) is 79.1 cm³/mol. The van der Waals surface area contributed by atoms with Crippen molar-refractivity contribution in [2.45, 2.75) is 47.5 Å². The van der Waals surface area contributed by atoms with Crippen LogP contribution in [0.3, 0.4) is 0 Å².